The van der Waals surface area contributed by atoms with Crippen LogP contribution in [0.4, 0.5) is 0 Å². The number of hydrogen-bond donors (Lipinski definition) is 1. The number of ether oxygens (including phenoxy) is 3. The van der Waals surface area contributed by atoms with Gasteiger partial charge >= 0.3 is 5.97 Å². The highest BCUT2D eigenvalue weighted by atomic mass is 35.5. The molecule has 1 N–H and O–H groups in total. The van der Waals surface area contributed by atoms with E-state index in [9.17, 15) is 9.59 Å². The molecule has 4 rings (SSSR count). The summed E-state index contributed by atoms with van der Waals surface area (Å²) in [5.74, 6) is 0.183. The van der Waals surface area contributed by atoms with Gasteiger partial charge in [-0.3, -0.25) is 4.79 Å². The van der Waals surface area contributed by atoms with Crippen LogP contribution in [-0.2, 0) is 4.79 Å². The molecule has 0 fully saturated rings. The predicted molar refractivity (Wildman–Crippen MR) is 144 cm³/mol. The number of amides is 1. The van der Waals surface area contributed by atoms with Crippen molar-refractivity contribution in [3.63, 3.8) is 0 Å². The Kier molecular flexibility index (Phi) is 8.61. The van der Waals surface area contributed by atoms with Gasteiger partial charge in [0, 0.05) is 5.56 Å². The van der Waals surface area contributed by atoms with E-state index in [1.165, 1.54) is 6.21 Å². The van der Waals surface area contributed by atoms with Gasteiger partial charge in [-0.05, 0) is 60.2 Å². The lowest BCUT2D eigenvalue weighted by Crippen LogP contribution is -2.24. The minimum Gasteiger partial charge on any atom is -0.494 e. The maximum Gasteiger partial charge on any atom is 0.343 e. The molecule has 0 atom stereocenters. The number of hydrazone groups is 1. The van der Waals surface area contributed by atoms with Crippen LogP contribution >= 0.6 is 23.2 Å². The lowest BCUT2D eigenvalue weighted by molar-refractivity contribution is -0.123. The first-order valence-corrected chi connectivity index (χ1v) is 12.1. The van der Waals surface area contributed by atoms with Crippen molar-refractivity contribution in [1.82, 2.24) is 5.43 Å². The summed E-state index contributed by atoms with van der Waals surface area (Å²) in [6.07, 6.45) is 1.42. The molecule has 0 aliphatic heterocycles. The van der Waals surface area contributed by atoms with Crippen LogP contribution < -0.4 is 19.6 Å². The molecule has 0 radical (unpaired) electrons. The maximum absolute atomic E-state index is 12.8. The third-order valence-corrected chi connectivity index (χ3v) is 5.99. The number of nitrogens with zero attached hydrogens (tertiary/aromatic N) is 1. The number of halogens is 2. The average Bonchev–Trinajstić information content (AvgIpc) is 2.91. The molecule has 0 aromatic heterocycles. The molecule has 0 spiro atoms. The molecule has 0 aliphatic carbocycles. The summed E-state index contributed by atoms with van der Waals surface area (Å²) < 4.78 is 16.5. The number of fused-ring (bicyclic) bond motifs is 1. The molecule has 0 saturated heterocycles. The lowest BCUT2D eigenvalue weighted by Gasteiger charge is -2.11. The van der Waals surface area contributed by atoms with Crippen LogP contribution in [0.5, 0.6) is 17.2 Å². The van der Waals surface area contributed by atoms with Crippen molar-refractivity contribution in [3.05, 3.63) is 100 Å². The molecule has 0 unspecified atom stereocenters. The second kappa shape index (κ2) is 12.3. The van der Waals surface area contributed by atoms with Gasteiger partial charge in [-0.1, -0.05) is 59.6 Å². The zero-order valence-electron chi connectivity index (χ0n) is 19.7. The Morgan fingerprint density at radius 3 is 2.46 bits per heavy atom. The number of esters is 1. The van der Waals surface area contributed by atoms with Crippen LogP contribution in [0.15, 0.2) is 84.0 Å². The van der Waals surface area contributed by atoms with Gasteiger partial charge in [0.2, 0.25) is 0 Å². The molecule has 9 heteroatoms. The molecule has 37 heavy (non-hydrogen) atoms. The van der Waals surface area contributed by atoms with Gasteiger partial charge < -0.3 is 14.2 Å². The van der Waals surface area contributed by atoms with E-state index in [0.29, 0.717) is 28.5 Å². The van der Waals surface area contributed by atoms with Crippen molar-refractivity contribution in [2.45, 2.75) is 6.92 Å². The Morgan fingerprint density at radius 2 is 1.68 bits per heavy atom. The van der Waals surface area contributed by atoms with Crippen LogP contribution in [0.25, 0.3) is 10.8 Å². The average molecular weight is 537 g/mol. The van der Waals surface area contributed by atoms with Crippen molar-refractivity contribution in [3.8, 4) is 17.2 Å². The van der Waals surface area contributed by atoms with E-state index in [4.69, 9.17) is 37.4 Å². The highest BCUT2D eigenvalue weighted by molar-refractivity contribution is 6.42. The maximum atomic E-state index is 12.8. The summed E-state index contributed by atoms with van der Waals surface area (Å²) in [5, 5.41) is 6.29. The zero-order valence-corrected chi connectivity index (χ0v) is 21.3. The smallest absolute Gasteiger partial charge is 0.343 e. The summed E-state index contributed by atoms with van der Waals surface area (Å²) in [7, 11) is 0. The number of carbonyl (C=O) groups excluding carboxylic acids is 2. The van der Waals surface area contributed by atoms with Gasteiger partial charge in [0.25, 0.3) is 5.91 Å². The summed E-state index contributed by atoms with van der Waals surface area (Å²) in [4.78, 5) is 25.1. The molecule has 1 amide bonds. The summed E-state index contributed by atoms with van der Waals surface area (Å²) >= 11 is 12.0. The molecule has 188 valence electrons. The van der Waals surface area contributed by atoms with E-state index in [1.807, 2.05) is 37.3 Å². The summed E-state index contributed by atoms with van der Waals surface area (Å²) in [6, 6.07) is 22.6. The quantitative estimate of drug-likeness (QED) is 0.117. The van der Waals surface area contributed by atoms with Crippen molar-refractivity contribution in [2.75, 3.05) is 13.2 Å². The Balaban J connectivity index is 1.49. The van der Waals surface area contributed by atoms with E-state index in [0.717, 1.165) is 10.8 Å². The number of carbonyl (C=O) groups is 2. The highest BCUT2D eigenvalue weighted by Gasteiger charge is 2.14. The Labute approximate surface area is 223 Å². The molecule has 0 bridgehead atoms. The molecule has 4 aromatic rings. The Morgan fingerprint density at radius 1 is 0.892 bits per heavy atom. The van der Waals surface area contributed by atoms with E-state index in [1.54, 1.807) is 48.5 Å². The first-order chi connectivity index (χ1) is 18.0. The van der Waals surface area contributed by atoms with Crippen LogP contribution in [0, 0.1) is 0 Å². The molecule has 7 nitrogen and oxygen atoms in total. The van der Waals surface area contributed by atoms with Gasteiger partial charge in [0.05, 0.1) is 23.4 Å². The monoisotopic (exact) mass is 536 g/mol. The fraction of sp³-hybridized carbons (Fsp3) is 0.107. The van der Waals surface area contributed by atoms with Gasteiger partial charge in [-0.25, -0.2) is 10.2 Å². The number of benzene rings is 4. The fourth-order valence-electron chi connectivity index (χ4n) is 3.45. The van der Waals surface area contributed by atoms with Gasteiger partial charge in [-0.2, -0.15) is 5.10 Å². The van der Waals surface area contributed by atoms with Crippen LogP contribution in [-0.4, -0.2) is 31.3 Å². The fourth-order valence-corrected chi connectivity index (χ4v) is 3.80. The predicted octanol–water partition coefficient (Wildman–Crippen LogP) is 6.29. The Hall–Kier alpha value is -4.07. The SMILES string of the molecule is CCOc1ccc(C(=O)Oc2ccc3ccccc3c2/C=N\NC(=O)COc2cccc(Cl)c2Cl)cc1. The molecular weight excluding hydrogens is 515 g/mol. The topological polar surface area (TPSA) is 86.2 Å². The largest absolute Gasteiger partial charge is 0.494 e. The highest BCUT2D eigenvalue weighted by Crippen LogP contribution is 2.31. The normalized spacial score (nSPS) is 10.9. The molecule has 0 heterocycles. The van der Waals surface area contributed by atoms with Crippen LogP contribution in [0.3, 0.4) is 0 Å². The van der Waals surface area contributed by atoms with Crippen LogP contribution in [0.2, 0.25) is 10.0 Å². The van der Waals surface area contributed by atoms with Crippen molar-refractivity contribution < 1.29 is 23.8 Å². The number of rotatable bonds is 9. The van der Waals surface area contributed by atoms with E-state index < -0.39 is 11.9 Å². The van der Waals surface area contributed by atoms with Crippen LogP contribution in [0.1, 0.15) is 22.8 Å². The number of nitrogens with one attached hydrogen (secondary N) is 1. The lowest BCUT2D eigenvalue weighted by atomic mass is 10.0. The molecule has 0 saturated carbocycles. The minimum atomic E-state index is -0.538. The minimum absolute atomic E-state index is 0.218. The van der Waals surface area contributed by atoms with Crippen molar-refractivity contribution in [1.29, 1.82) is 0 Å². The molecule has 4 aromatic carbocycles. The summed E-state index contributed by atoms with van der Waals surface area (Å²) in [6.45, 7) is 2.09. The first-order valence-electron chi connectivity index (χ1n) is 11.3. The first kappa shape index (κ1) is 26.0. The Bertz CT molecular complexity index is 1460. The van der Waals surface area contributed by atoms with E-state index in [-0.39, 0.29) is 23.1 Å². The second-order valence-corrected chi connectivity index (χ2v) is 8.46. The second-order valence-electron chi connectivity index (χ2n) is 7.68. The molecular formula is C28H22Cl2N2O5. The molecule has 0 aliphatic rings. The van der Waals surface area contributed by atoms with Gasteiger partial charge in [-0.15, -0.1) is 0 Å². The van der Waals surface area contributed by atoms with Crippen molar-refractivity contribution in [2.24, 2.45) is 5.10 Å². The summed E-state index contributed by atoms with van der Waals surface area (Å²) in [5.41, 5.74) is 3.30. The number of hydrogen-bond acceptors (Lipinski definition) is 6. The third kappa shape index (κ3) is 6.58. The zero-order chi connectivity index (χ0) is 26.2. The van der Waals surface area contributed by atoms with Crippen molar-refractivity contribution >= 4 is 52.1 Å². The van der Waals surface area contributed by atoms with E-state index >= 15 is 0 Å². The van der Waals surface area contributed by atoms with Gasteiger partial charge in [0.1, 0.15) is 22.3 Å². The van der Waals surface area contributed by atoms with Gasteiger partial charge in [0.15, 0.2) is 6.61 Å². The third-order valence-electron chi connectivity index (χ3n) is 5.19. The standard InChI is InChI=1S/C28H22Cl2N2O5/c1-2-35-20-13-10-19(11-14-20)28(34)37-24-15-12-18-6-3-4-7-21(18)22(24)16-31-32-26(33)17-36-25-9-5-8-23(29)27(25)30/h3-16H,2,17H2,1H3,(H,32,33)/b31-16-. The van der Waals surface area contributed by atoms with E-state index in [2.05, 4.69) is 10.5 Å².